The Hall–Kier alpha value is -1.26. The average Bonchev–Trinajstić information content (AvgIpc) is 2.42. The number of nitrogens with zero attached hydrogens (tertiary/aromatic N) is 1. The Morgan fingerprint density at radius 3 is 3.21 bits per heavy atom. The van der Waals surface area contributed by atoms with E-state index in [1.807, 2.05) is 0 Å². The summed E-state index contributed by atoms with van der Waals surface area (Å²) in [5.41, 5.74) is 0. The number of carbonyl (C=O) groups excluding carboxylic acids is 2. The lowest BCUT2D eigenvalue weighted by Crippen LogP contribution is -2.40. The van der Waals surface area contributed by atoms with E-state index in [9.17, 15) is 9.59 Å². The Balaban J connectivity index is 2.02. The summed E-state index contributed by atoms with van der Waals surface area (Å²) in [4.78, 5) is 24.3. The van der Waals surface area contributed by atoms with E-state index in [2.05, 4.69) is 5.32 Å². The van der Waals surface area contributed by atoms with E-state index >= 15 is 0 Å². The highest BCUT2D eigenvalue weighted by molar-refractivity contribution is 5.80. The summed E-state index contributed by atoms with van der Waals surface area (Å²) < 4.78 is 4.92. The molecule has 2 heterocycles. The van der Waals surface area contributed by atoms with Gasteiger partial charge in [0.2, 0.25) is 5.91 Å². The first-order chi connectivity index (χ1) is 6.70. The van der Waals surface area contributed by atoms with E-state index in [0.29, 0.717) is 19.6 Å². The van der Waals surface area contributed by atoms with Crippen LogP contribution < -0.4 is 5.32 Å². The Bertz CT molecular complexity index is 267. The minimum atomic E-state index is -0.295. The van der Waals surface area contributed by atoms with Crippen molar-refractivity contribution >= 4 is 12.0 Å². The molecule has 2 unspecified atom stereocenters. The lowest BCUT2D eigenvalue weighted by atomic mass is 10.0. The van der Waals surface area contributed by atoms with E-state index < -0.39 is 0 Å². The van der Waals surface area contributed by atoms with Crippen LogP contribution in [0.1, 0.15) is 19.8 Å². The lowest BCUT2D eigenvalue weighted by Gasteiger charge is -2.22. The molecular formula is C9H14N2O3. The standard InChI is InChI=1S/C9H14N2O3/c1-2-14-9(13)11-5-6-3-7(11)4-8(12)10-6/h6-7H,2-5H2,1H3,(H,10,12). The van der Waals surface area contributed by atoms with Crippen molar-refractivity contribution in [3.8, 4) is 0 Å². The first-order valence-electron chi connectivity index (χ1n) is 4.93. The van der Waals surface area contributed by atoms with E-state index in [1.165, 1.54) is 0 Å². The highest BCUT2D eigenvalue weighted by atomic mass is 16.6. The zero-order valence-corrected chi connectivity index (χ0v) is 8.16. The van der Waals surface area contributed by atoms with Crippen LogP contribution in [-0.4, -0.2) is 42.1 Å². The van der Waals surface area contributed by atoms with Gasteiger partial charge in [0.1, 0.15) is 0 Å². The fraction of sp³-hybridized carbons (Fsp3) is 0.778. The monoisotopic (exact) mass is 198 g/mol. The molecule has 0 aromatic heterocycles. The van der Waals surface area contributed by atoms with Crippen LogP contribution in [0.15, 0.2) is 0 Å². The van der Waals surface area contributed by atoms with Gasteiger partial charge in [0, 0.05) is 25.0 Å². The van der Waals surface area contributed by atoms with Gasteiger partial charge < -0.3 is 15.0 Å². The maximum absolute atomic E-state index is 11.5. The van der Waals surface area contributed by atoms with Gasteiger partial charge >= 0.3 is 6.09 Å². The number of hydrogen-bond acceptors (Lipinski definition) is 3. The van der Waals surface area contributed by atoms with Gasteiger partial charge in [-0.05, 0) is 13.3 Å². The smallest absolute Gasteiger partial charge is 0.410 e. The molecule has 14 heavy (non-hydrogen) atoms. The SMILES string of the molecule is CCOC(=O)N1CC2CC1CC(=O)N2. The minimum Gasteiger partial charge on any atom is -0.450 e. The quantitative estimate of drug-likeness (QED) is 0.650. The molecule has 2 saturated heterocycles. The summed E-state index contributed by atoms with van der Waals surface area (Å²) in [6, 6.07) is 0.179. The molecule has 0 spiro atoms. The van der Waals surface area contributed by atoms with Crippen LogP contribution in [0, 0.1) is 0 Å². The topological polar surface area (TPSA) is 58.6 Å². The summed E-state index contributed by atoms with van der Waals surface area (Å²) in [5.74, 6) is 0.0399. The zero-order valence-electron chi connectivity index (χ0n) is 8.16. The second-order valence-electron chi connectivity index (χ2n) is 3.71. The maximum Gasteiger partial charge on any atom is 0.410 e. The highest BCUT2D eigenvalue weighted by Gasteiger charge is 2.41. The number of hydrogen-bond donors (Lipinski definition) is 1. The Kier molecular flexibility index (Phi) is 2.31. The summed E-state index contributed by atoms with van der Waals surface area (Å²) in [5, 5.41) is 2.85. The number of rotatable bonds is 1. The van der Waals surface area contributed by atoms with Crippen molar-refractivity contribution in [1.82, 2.24) is 10.2 Å². The van der Waals surface area contributed by atoms with Crippen molar-refractivity contribution in [2.75, 3.05) is 13.2 Å². The number of ether oxygens (including phenoxy) is 1. The Labute approximate surface area is 82.4 Å². The van der Waals surface area contributed by atoms with E-state index in [-0.39, 0.29) is 24.1 Å². The van der Waals surface area contributed by atoms with Crippen LogP contribution in [0.4, 0.5) is 4.79 Å². The third-order valence-electron chi connectivity index (χ3n) is 2.70. The van der Waals surface area contributed by atoms with Crippen molar-refractivity contribution in [2.24, 2.45) is 0 Å². The minimum absolute atomic E-state index is 0.0399. The van der Waals surface area contributed by atoms with Gasteiger partial charge in [-0.15, -0.1) is 0 Å². The van der Waals surface area contributed by atoms with E-state index in [0.717, 1.165) is 6.42 Å². The number of carbonyl (C=O) groups is 2. The molecule has 0 radical (unpaired) electrons. The van der Waals surface area contributed by atoms with Crippen LogP contribution in [0.5, 0.6) is 0 Å². The molecular weight excluding hydrogens is 184 g/mol. The van der Waals surface area contributed by atoms with Gasteiger partial charge in [-0.2, -0.15) is 0 Å². The van der Waals surface area contributed by atoms with Crippen LogP contribution in [-0.2, 0) is 9.53 Å². The van der Waals surface area contributed by atoms with Gasteiger partial charge in [0.05, 0.1) is 6.61 Å². The second kappa shape index (κ2) is 3.48. The molecule has 2 aliphatic heterocycles. The molecule has 2 bridgehead atoms. The summed E-state index contributed by atoms with van der Waals surface area (Å²) in [6.45, 7) is 2.76. The number of nitrogens with one attached hydrogen (secondary N) is 1. The molecule has 2 fully saturated rings. The fourth-order valence-electron chi connectivity index (χ4n) is 2.15. The molecule has 78 valence electrons. The van der Waals surface area contributed by atoms with Gasteiger partial charge in [0.15, 0.2) is 0 Å². The zero-order chi connectivity index (χ0) is 10.1. The molecule has 0 saturated carbocycles. The maximum atomic E-state index is 11.5. The van der Waals surface area contributed by atoms with E-state index in [4.69, 9.17) is 4.74 Å². The van der Waals surface area contributed by atoms with Gasteiger partial charge in [-0.1, -0.05) is 0 Å². The van der Waals surface area contributed by atoms with Crippen molar-refractivity contribution in [3.05, 3.63) is 0 Å². The number of piperidine rings is 1. The van der Waals surface area contributed by atoms with Crippen molar-refractivity contribution in [2.45, 2.75) is 31.8 Å². The largest absolute Gasteiger partial charge is 0.450 e. The van der Waals surface area contributed by atoms with Crippen molar-refractivity contribution in [3.63, 3.8) is 0 Å². The predicted octanol–water partition coefficient (Wildman–Crippen LogP) is 0.106. The van der Waals surface area contributed by atoms with Crippen molar-refractivity contribution in [1.29, 1.82) is 0 Å². The molecule has 5 heteroatoms. The molecule has 2 amide bonds. The summed E-state index contributed by atoms with van der Waals surface area (Å²) in [6.07, 6.45) is 0.983. The van der Waals surface area contributed by atoms with Gasteiger partial charge in [-0.25, -0.2) is 4.79 Å². The second-order valence-corrected chi connectivity index (χ2v) is 3.71. The van der Waals surface area contributed by atoms with Gasteiger partial charge in [-0.3, -0.25) is 4.79 Å². The Morgan fingerprint density at radius 2 is 2.50 bits per heavy atom. The molecule has 2 rings (SSSR count). The molecule has 2 aliphatic rings. The number of fused-ring (bicyclic) bond motifs is 2. The fourth-order valence-corrected chi connectivity index (χ4v) is 2.15. The first-order valence-corrected chi connectivity index (χ1v) is 4.93. The first kappa shape index (κ1) is 9.30. The van der Waals surface area contributed by atoms with E-state index in [1.54, 1.807) is 11.8 Å². The predicted molar refractivity (Wildman–Crippen MR) is 48.7 cm³/mol. The van der Waals surface area contributed by atoms with Crippen molar-refractivity contribution < 1.29 is 14.3 Å². The van der Waals surface area contributed by atoms with Crippen LogP contribution in [0.3, 0.4) is 0 Å². The number of amides is 2. The summed E-state index contributed by atoms with van der Waals surface area (Å²) in [7, 11) is 0. The molecule has 1 N–H and O–H groups in total. The molecule has 0 aliphatic carbocycles. The lowest BCUT2D eigenvalue weighted by molar-refractivity contribution is -0.123. The van der Waals surface area contributed by atoms with Crippen LogP contribution >= 0.6 is 0 Å². The average molecular weight is 198 g/mol. The normalized spacial score (nSPS) is 30.1. The third kappa shape index (κ3) is 1.54. The Morgan fingerprint density at radius 1 is 1.71 bits per heavy atom. The third-order valence-corrected chi connectivity index (χ3v) is 2.70. The molecule has 0 aromatic carbocycles. The molecule has 0 aromatic rings. The summed E-state index contributed by atoms with van der Waals surface area (Å²) >= 11 is 0. The van der Waals surface area contributed by atoms with Crippen LogP contribution in [0.25, 0.3) is 0 Å². The molecule has 2 atom stereocenters. The number of likely N-dealkylation sites (tertiary alicyclic amines) is 1. The van der Waals surface area contributed by atoms with Gasteiger partial charge in [0.25, 0.3) is 0 Å². The molecule has 5 nitrogen and oxygen atoms in total. The highest BCUT2D eigenvalue weighted by Crippen LogP contribution is 2.25. The van der Waals surface area contributed by atoms with Crippen LogP contribution in [0.2, 0.25) is 0 Å².